The quantitative estimate of drug-likeness (QED) is 0.172. The highest BCUT2D eigenvalue weighted by Crippen LogP contribution is 2.44. The molecule has 0 radical (unpaired) electrons. The Morgan fingerprint density at radius 1 is 0.306 bits per heavy atom. The second kappa shape index (κ2) is 11.1. The second-order valence-electron chi connectivity index (χ2n) is 10.5. The summed E-state index contributed by atoms with van der Waals surface area (Å²) in [6, 6.07) is -28.6. The lowest BCUT2D eigenvalue weighted by molar-refractivity contribution is 0.669. The van der Waals surface area contributed by atoms with Crippen LogP contribution >= 0.6 is 0 Å². The van der Waals surface area contributed by atoms with Crippen molar-refractivity contribution in [3.63, 3.8) is 0 Å². The van der Waals surface area contributed by atoms with E-state index in [0.29, 0.717) is 0 Å². The fourth-order valence-electron chi connectivity index (χ4n) is 5.70. The molecule has 1 heteroatoms. The number of hydrogen-bond acceptors (Lipinski definition) is 1. The molecule has 0 aliphatic carbocycles. The van der Waals surface area contributed by atoms with E-state index in [2.05, 4.69) is 0 Å². The zero-order valence-corrected chi connectivity index (χ0v) is 24.4. The Kier molecular flexibility index (Phi) is 2.50. The molecule has 0 bridgehead atoms. The molecule has 0 saturated carbocycles. The average molecular weight is 653 g/mol. The second-order valence-corrected chi connectivity index (χ2v) is 10.5. The van der Waals surface area contributed by atoms with Crippen molar-refractivity contribution in [1.29, 1.82) is 0 Å². The van der Waals surface area contributed by atoms with E-state index >= 15 is 0 Å². The van der Waals surface area contributed by atoms with Crippen molar-refractivity contribution < 1.29 is 45.5 Å². The highest BCUT2D eigenvalue weighted by molar-refractivity contribution is 6.22. The molecule has 9 aromatic carbocycles. The van der Waals surface area contributed by atoms with Crippen LogP contribution in [0.25, 0.3) is 98.8 Å². The van der Waals surface area contributed by atoms with Gasteiger partial charge >= 0.3 is 0 Å². The van der Waals surface area contributed by atoms with Gasteiger partial charge in [-0.15, -0.1) is 0 Å². The number of hydrogen-bond donors (Lipinski definition) is 0. The van der Waals surface area contributed by atoms with E-state index in [1.807, 2.05) is 0 Å². The molecule has 49 heavy (non-hydrogen) atoms. The molecule has 10 aromatic rings. The molecule has 0 atom stereocenters. The van der Waals surface area contributed by atoms with E-state index < -0.39 is 275 Å². The van der Waals surface area contributed by atoms with Crippen molar-refractivity contribution in [1.82, 2.24) is 0 Å². The number of furan rings is 1. The molecule has 0 amide bonds. The summed E-state index contributed by atoms with van der Waals surface area (Å²) in [6.07, 6.45) is 0. The maximum absolute atomic E-state index is 9.62. The normalized spacial score (nSPS) is 20.2. The molecular formula is C48H30O. The summed E-state index contributed by atoms with van der Waals surface area (Å²) in [5.74, 6) is 0. The monoisotopic (exact) mass is 652 g/mol. The van der Waals surface area contributed by atoms with E-state index in [1.165, 1.54) is 0 Å². The third-order valence-electron chi connectivity index (χ3n) is 7.82. The summed E-state index contributed by atoms with van der Waals surface area (Å²) in [4.78, 5) is 0. The van der Waals surface area contributed by atoms with Crippen molar-refractivity contribution in [3.8, 4) is 44.5 Å². The lowest BCUT2D eigenvalue weighted by Crippen LogP contribution is -1.91. The summed E-state index contributed by atoms with van der Waals surface area (Å²) in [6.45, 7) is 0. The molecule has 0 aliphatic rings. The van der Waals surface area contributed by atoms with E-state index in [0.717, 1.165) is 0 Å². The molecule has 1 aromatic heterocycles. The molecule has 10 rings (SSSR count). The summed E-state index contributed by atoms with van der Waals surface area (Å²) in [7, 11) is 0. The Balaban J connectivity index is 1.39. The van der Waals surface area contributed by atoms with Gasteiger partial charge in [-0.1, -0.05) is 163 Å². The van der Waals surface area contributed by atoms with E-state index in [1.54, 1.807) is 0 Å². The van der Waals surface area contributed by atoms with Gasteiger partial charge < -0.3 is 4.42 Å². The Bertz CT molecular complexity index is 4430. The zero-order chi connectivity index (χ0) is 58.4. The van der Waals surface area contributed by atoms with Crippen LogP contribution < -0.4 is 0 Å². The topological polar surface area (TPSA) is 13.1 Å². The van der Waals surface area contributed by atoms with E-state index in [-0.39, 0.29) is 5.39 Å². The van der Waals surface area contributed by atoms with Gasteiger partial charge in [0, 0.05) is 10.8 Å². The van der Waals surface area contributed by atoms with Gasteiger partial charge in [-0.25, -0.2) is 0 Å². The zero-order valence-electron chi connectivity index (χ0n) is 54.4. The van der Waals surface area contributed by atoms with Gasteiger partial charge in [0.2, 0.25) is 0 Å². The summed E-state index contributed by atoms with van der Waals surface area (Å²) < 4.78 is 275. The molecule has 0 fully saturated rings. The van der Waals surface area contributed by atoms with Crippen LogP contribution in [-0.4, -0.2) is 0 Å². The highest BCUT2D eigenvalue weighted by atomic mass is 16.3. The maximum atomic E-state index is 9.62. The molecule has 0 saturated heterocycles. The lowest BCUT2D eigenvalue weighted by Gasteiger charge is -2.18. The van der Waals surface area contributed by atoms with Crippen LogP contribution in [0.5, 0.6) is 0 Å². The third-order valence-corrected chi connectivity index (χ3v) is 7.82. The first kappa shape index (κ1) is 11.1. The summed E-state index contributed by atoms with van der Waals surface area (Å²) in [5.41, 5.74) is -7.68. The Labute approximate surface area is 326 Å². The standard InChI is InChI=1S/C48H30O/c1-2-10-31(11-3-1)32-18-22-35(23-19-32)46-39-14-6-8-16-41(39)47(42-17-9-7-15-40(42)46)36-24-20-33(21-25-36)37-27-28-44-43(30-37)48-38-13-5-4-12-34(38)26-29-45(48)49-44/h1-30H/i1D,2D,3D,4D,5D,6D,7D,8D,9D,10D,11D,12D,13D,14D,15D,16D,17D,18D,19D,20D,21D,22D,23D,24D,25D,26D,27D,28D,29D,30D. The van der Waals surface area contributed by atoms with Crippen molar-refractivity contribution in [2.75, 3.05) is 0 Å². The number of rotatable bonds is 4. The minimum absolute atomic E-state index is 0.378. The van der Waals surface area contributed by atoms with Crippen LogP contribution in [0.4, 0.5) is 0 Å². The molecule has 0 spiro atoms. The SMILES string of the molecule is [2H]c1c([2H])c([2H])c(-c2c([2H])c([2H])c(-c3c4c([2H])c([2H])c([2H])c([2H])c4c(-c4c([2H])c([2H])c(-c5c([2H])c([2H])c6oc7c([2H])c([2H])c8c([2H])c([2H])c([2H])c([2H])c8c7c6c5[2H])c([2H])c4[2H])c4c([2H])c([2H])c([2H])c([2H])c34)c([2H])c2[2H])c([2H])c1[2H]. The van der Waals surface area contributed by atoms with Crippen LogP contribution in [-0.2, 0) is 0 Å². The largest absolute Gasteiger partial charge is 0.456 e. The van der Waals surface area contributed by atoms with Crippen LogP contribution in [0.15, 0.2) is 186 Å². The van der Waals surface area contributed by atoms with Gasteiger partial charge in [0.05, 0.1) is 41.1 Å². The number of benzene rings is 9. The van der Waals surface area contributed by atoms with Crippen molar-refractivity contribution in [2.45, 2.75) is 0 Å². The van der Waals surface area contributed by atoms with Crippen molar-refractivity contribution in [3.05, 3.63) is 181 Å². The van der Waals surface area contributed by atoms with Crippen molar-refractivity contribution in [2.24, 2.45) is 0 Å². The van der Waals surface area contributed by atoms with Gasteiger partial charge in [0.1, 0.15) is 11.2 Å². The first-order valence-electron chi connectivity index (χ1n) is 29.4. The molecular weight excluding hydrogens is 593 g/mol. The van der Waals surface area contributed by atoms with Crippen molar-refractivity contribution >= 4 is 54.3 Å². The molecule has 1 heterocycles. The molecule has 0 N–H and O–H groups in total. The minimum atomic E-state index is -1.13. The average Bonchev–Trinajstić information content (AvgIpc) is 4.09. The number of fused-ring (bicyclic) bond motifs is 7. The predicted molar refractivity (Wildman–Crippen MR) is 208 cm³/mol. The van der Waals surface area contributed by atoms with Gasteiger partial charge in [-0.3, -0.25) is 0 Å². The first-order chi connectivity index (χ1) is 36.8. The molecule has 0 unspecified atom stereocenters. The smallest absolute Gasteiger partial charge is 0.136 e. The van der Waals surface area contributed by atoms with Crippen LogP contribution in [0.3, 0.4) is 0 Å². The van der Waals surface area contributed by atoms with E-state index in [4.69, 9.17) is 27.7 Å². The van der Waals surface area contributed by atoms with Crippen LogP contribution in [0.2, 0.25) is 0 Å². The minimum Gasteiger partial charge on any atom is -0.456 e. The van der Waals surface area contributed by atoms with Crippen LogP contribution in [0, 0.1) is 0 Å². The summed E-state index contributed by atoms with van der Waals surface area (Å²) >= 11 is 0. The Morgan fingerprint density at radius 3 is 1.33 bits per heavy atom. The fourth-order valence-corrected chi connectivity index (χ4v) is 5.70. The maximum Gasteiger partial charge on any atom is 0.136 e. The van der Waals surface area contributed by atoms with Gasteiger partial charge in [0.25, 0.3) is 0 Å². The van der Waals surface area contributed by atoms with E-state index in [9.17, 15) is 17.8 Å². The Morgan fingerprint density at radius 2 is 0.735 bits per heavy atom. The Hall–Kier alpha value is -6.44. The summed E-state index contributed by atoms with van der Waals surface area (Å²) in [5, 5.41) is -4.91. The van der Waals surface area contributed by atoms with Gasteiger partial charge in [-0.05, 0) is 95.0 Å². The highest BCUT2D eigenvalue weighted by Gasteiger charge is 2.17. The van der Waals surface area contributed by atoms with Crippen LogP contribution in [0.1, 0.15) is 41.1 Å². The third kappa shape index (κ3) is 4.47. The molecule has 1 nitrogen and oxygen atoms in total. The fraction of sp³-hybridized carbons (Fsp3) is 0. The van der Waals surface area contributed by atoms with Gasteiger partial charge in [0.15, 0.2) is 0 Å². The van der Waals surface area contributed by atoms with Gasteiger partial charge in [-0.2, -0.15) is 0 Å². The first-order valence-corrected chi connectivity index (χ1v) is 14.4. The lowest BCUT2D eigenvalue weighted by atomic mass is 9.85. The molecule has 0 aliphatic heterocycles. The predicted octanol–water partition coefficient (Wildman–Crippen LogP) is 13.7. The molecule has 228 valence electrons.